The number of nitrogens with zero attached hydrogens (tertiary/aromatic N) is 2. The molecule has 0 bridgehead atoms. The lowest BCUT2D eigenvalue weighted by atomic mass is 9.86. The van der Waals surface area contributed by atoms with Crippen molar-refractivity contribution >= 4 is 0 Å². The Balaban J connectivity index is 0.000000271. The van der Waals surface area contributed by atoms with Crippen LogP contribution >= 0.6 is 0 Å². The van der Waals surface area contributed by atoms with Gasteiger partial charge in [-0.15, -0.1) is 0 Å². The molecule has 0 saturated carbocycles. The van der Waals surface area contributed by atoms with Gasteiger partial charge in [-0.3, -0.25) is 10.1 Å². The minimum atomic E-state index is 0.139. The lowest BCUT2D eigenvalue weighted by Crippen LogP contribution is -2.16. The number of nitrogens with one attached hydrogen (secondary N) is 1. The number of aromatic nitrogens is 3. The second-order valence-electron chi connectivity index (χ2n) is 11.6. The van der Waals surface area contributed by atoms with E-state index in [2.05, 4.69) is 116 Å². The molecule has 0 aromatic carbocycles. The minimum absolute atomic E-state index is 0.139. The molecule has 0 atom stereocenters. The van der Waals surface area contributed by atoms with Gasteiger partial charge < -0.3 is 0 Å². The molecule has 0 spiro atoms. The van der Waals surface area contributed by atoms with Crippen LogP contribution in [0.25, 0.3) is 0 Å². The molecule has 2 aromatic rings. The Morgan fingerprint density at radius 3 is 1.41 bits per heavy atom. The second kappa shape index (κ2) is 7.77. The van der Waals surface area contributed by atoms with Crippen LogP contribution in [0.5, 0.6) is 0 Å². The van der Waals surface area contributed by atoms with Crippen LogP contribution < -0.4 is 0 Å². The minimum Gasteiger partial charge on any atom is -0.282 e. The predicted molar refractivity (Wildman–Crippen MR) is 118 cm³/mol. The van der Waals surface area contributed by atoms with Crippen molar-refractivity contribution in [3.63, 3.8) is 0 Å². The fourth-order valence-corrected chi connectivity index (χ4v) is 2.37. The maximum absolute atomic E-state index is 4.52. The maximum atomic E-state index is 4.52. The Morgan fingerprint density at radius 2 is 1.15 bits per heavy atom. The second-order valence-corrected chi connectivity index (χ2v) is 11.6. The molecule has 2 rings (SSSR count). The van der Waals surface area contributed by atoms with E-state index in [0.29, 0.717) is 0 Å². The third kappa shape index (κ3) is 7.12. The van der Waals surface area contributed by atoms with Crippen LogP contribution in [-0.4, -0.2) is 15.2 Å². The van der Waals surface area contributed by atoms with E-state index in [1.165, 1.54) is 11.3 Å². The van der Waals surface area contributed by atoms with Crippen molar-refractivity contribution in [1.29, 1.82) is 0 Å². The van der Waals surface area contributed by atoms with E-state index < -0.39 is 0 Å². The lowest BCUT2D eigenvalue weighted by Gasteiger charge is -2.22. The molecule has 27 heavy (non-hydrogen) atoms. The van der Waals surface area contributed by atoms with Crippen molar-refractivity contribution in [1.82, 2.24) is 15.2 Å². The Labute approximate surface area is 167 Å². The molecule has 2 aromatic heterocycles. The largest absolute Gasteiger partial charge is 0.282 e. The number of rotatable bonds is 0. The molecule has 3 heteroatoms. The van der Waals surface area contributed by atoms with Crippen molar-refractivity contribution in [3.8, 4) is 0 Å². The zero-order valence-electron chi connectivity index (χ0n) is 19.7. The van der Waals surface area contributed by atoms with E-state index in [4.69, 9.17) is 0 Å². The summed E-state index contributed by atoms with van der Waals surface area (Å²) in [4.78, 5) is 4.52. The molecule has 0 radical (unpaired) electrons. The van der Waals surface area contributed by atoms with Gasteiger partial charge in [0.2, 0.25) is 0 Å². The highest BCUT2D eigenvalue weighted by Gasteiger charge is 2.22. The summed E-state index contributed by atoms with van der Waals surface area (Å²) in [5.74, 6) is 0. The number of pyridine rings is 1. The first-order valence-corrected chi connectivity index (χ1v) is 9.96. The summed E-state index contributed by atoms with van der Waals surface area (Å²) in [7, 11) is 0. The highest BCUT2D eigenvalue weighted by molar-refractivity contribution is 5.24. The molecule has 0 aliphatic rings. The molecule has 0 aliphatic heterocycles. The Hall–Kier alpha value is -1.64. The molecule has 0 fully saturated rings. The summed E-state index contributed by atoms with van der Waals surface area (Å²) in [6, 6.07) is 6.49. The first-order valence-electron chi connectivity index (χ1n) is 9.96. The normalized spacial score (nSPS) is 13.2. The van der Waals surface area contributed by atoms with E-state index >= 15 is 0 Å². The van der Waals surface area contributed by atoms with Gasteiger partial charge in [-0.1, -0.05) is 89.2 Å². The fraction of sp³-hybridized carbons (Fsp3) is 0.667. The molecule has 0 amide bonds. The van der Waals surface area contributed by atoms with Crippen LogP contribution in [0.2, 0.25) is 0 Å². The van der Waals surface area contributed by atoms with Crippen LogP contribution in [-0.2, 0) is 21.7 Å². The van der Waals surface area contributed by atoms with Crippen molar-refractivity contribution in [2.24, 2.45) is 0 Å². The van der Waals surface area contributed by atoms with Gasteiger partial charge in [0.1, 0.15) is 0 Å². The van der Waals surface area contributed by atoms with Gasteiger partial charge in [0.15, 0.2) is 0 Å². The third-order valence-electron chi connectivity index (χ3n) is 4.55. The van der Waals surface area contributed by atoms with Crippen molar-refractivity contribution < 1.29 is 0 Å². The van der Waals surface area contributed by atoms with E-state index in [1.807, 2.05) is 6.20 Å². The summed E-state index contributed by atoms with van der Waals surface area (Å²) in [5, 5.41) is 7.43. The molecule has 2 heterocycles. The lowest BCUT2D eigenvalue weighted by molar-refractivity contribution is 0.556. The molecule has 0 unspecified atom stereocenters. The predicted octanol–water partition coefficient (Wildman–Crippen LogP) is 6.68. The van der Waals surface area contributed by atoms with E-state index in [0.717, 1.165) is 11.4 Å². The van der Waals surface area contributed by atoms with Gasteiger partial charge in [0.05, 0.1) is 5.69 Å². The monoisotopic (exact) mass is 371 g/mol. The van der Waals surface area contributed by atoms with E-state index in [-0.39, 0.29) is 21.7 Å². The molecule has 152 valence electrons. The molecular weight excluding hydrogens is 330 g/mol. The zero-order valence-corrected chi connectivity index (χ0v) is 19.7. The zero-order chi connectivity index (χ0) is 21.3. The molecule has 1 N–H and O–H groups in total. The molecular formula is C24H41N3. The summed E-state index contributed by atoms with van der Waals surface area (Å²) in [6.45, 7) is 26.3. The number of hydrogen-bond donors (Lipinski definition) is 1. The van der Waals surface area contributed by atoms with Crippen molar-refractivity contribution in [3.05, 3.63) is 47.0 Å². The highest BCUT2D eigenvalue weighted by Crippen LogP contribution is 2.26. The van der Waals surface area contributed by atoms with E-state index in [1.54, 1.807) is 0 Å². The van der Waals surface area contributed by atoms with Gasteiger partial charge in [-0.05, 0) is 23.1 Å². The SMILES string of the molecule is CC(C)(C)c1cc(C(C)(C)C)[nH]n1.CC(C)(C)c1ccc(C(C)(C)C)nc1. The van der Waals surface area contributed by atoms with Gasteiger partial charge >= 0.3 is 0 Å². The highest BCUT2D eigenvalue weighted by atomic mass is 15.1. The smallest absolute Gasteiger partial charge is 0.0678 e. The van der Waals surface area contributed by atoms with Gasteiger partial charge in [-0.2, -0.15) is 5.10 Å². The Morgan fingerprint density at radius 1 is 0.630 bits per heavy atom. The quantitative estimate of drug-likeness (QED) is 0.561. The standard InChI is InChI=1S/C13H21N.C11H20N2/c1-12(2,3)10-7-8-11(14-9-10)13(4,5)6;1-10(2,3)8-7-9(13-12-8)11(4,5)6/h7-9H,1-6H3;7H,1-6H3,(H,12,13). The fourth-order valence-electron chi connectivity index (χ4n) is 2.37. The summed E-state index contributed by atoms with van der Waals surface area (Å²) in [6.07, 6.45) is 2.00. The average Bonchev–Trinajstić information content (AvgIpc) is 2.96. The van der Waals surface area contributed by atoms with Crippen LogP contribution in [0.1, 0.15) is 106 Å². The van der Waals surface area contributed by atoms with Crippen LogP contribution in [0.4, 0.5) is 0 Å². The Bertz CT molecular complexity index is 648. The average molecular weight is 372 g/mol. The van der Waals surface area contributed by atoms with Crippen molar-refractivity contribution in [2.45, 2.75) is 105 Å². The molecule has 0 aliphatic carbocycles. The Kier molecular flexibility index (Phi) is 6.73. The van der Waals surface area contributed by atoms with Crippen LogP contribution in [0.3, 0.4) is 0 Å². The summed E-state index contributed by atoms with van der Waals surface area (Å²) >= 11 is 0. The molecule has 0 saturated heterocycles. The topological polar surface area (TPSA) is 41.6 Å². The van der Waals surface area contributed by atoms with E-state index in [9.17, 15) is 0 Å². The van der Waals surface area contributed by atoms with Gasteiger partial charge in [0.25, 0.3) is 0 Å². The number of hydrogen-bond acceptors (Lipinski definition) is 2. The first kappa shape index (κ1) is 23.4. The van der Waals surface area contributed by atoms with Crippen molar-refractivity contribution in [2.75, 3.05) is 0 Å². The maximum Gasteiger partial charge on any atom is 0.0678 e. The summed E-state index contributed by atoms with van der Waals surface area (Å²) < 4.78 is 0. The van der Waals surface area contributed by atoms with Crippen LogP contribution in [0.15, 0.2) is 24.4 Å². The number of aromatic amines is 1. The number of H-pyrrole nitrogens is 1. The summed E-state index contributed by atoms with van der Waals surface area (Å²) in [5.41, 5.74) is 5.45. The molecule has 3 nitrogen and oxygen atoms in total. The van der Waals surface area contributed by atoms with Gasteiger partial charge in [0, 0.05) is 33.8 Å². The van der Waals surface area contributed by atoms with Crippen LogP contribution in [0, 0.1) is 0 Å². The first-order chi connectivity index (χ1) is 11.9. The third-order valence-corrected chi connectivity index (χ3v) is 4.55. The van der Waals surface area contributed by atoms with Gasteiger partial charge in [-0.25, -0.2) is 0 Å².